The summed E-state index contributed by atoms with van der Waals surface area (Å²) in [7, 11) is 0. The van der Waals surface area contributed by atoms with Gasteiger partial charge in [-0.3, -0.25) is 4.79 Å². The number of amides is 1. The zero-order valence-corrected chi connectivity index (χ0v) is 10.9. The molecule has 1 amide bonds. The predicted molar refractivity (Wildman–Crippen MR) is 73.6 cm³/mol. The molecule has 1 aliphatic heterocycles. The Morgan fingerprint density at radius 2 is 1.88 bits per heavy atom. The molecule has 3 heteroatoms. The van der Waals surface area contributed by atoms with Crippen molar-refractivity contribution in [1.29, 1.82) is 0 Å². The Balaban J connectivity index is 2.15. The molecule has 0 spiro atoms. The lowest BCUT2D eigenvalue weighted by atomic mass is 10.1. The number of fused-ring (bicyclic) bond motifs is 1. The summed E-state index contributed by atoms with van der Waals surface area (Å²) in [5, 5.41) is 2.32. The summed E-state index contributed by atoms with van der Waals surface area (Å²) in [6.45, 7) is 0.794. The maximum atomic E-state index is 12.0. The number of alkyl halides is 1. The second kappa shape index (κ2) is 4.15. The van der Waals surface area contributed by atoms with Gasteiger partial charge in [-0.2, -0.15) is 0 Å². The topological polar surface area (TPSA) is 20.3 Å². The minimum atomic E-state index is -0.0264. The SMILES string of the molecule is O=C1[C@@H](Br)CCN1c1cccc2ccccc12. The molecule has 1 atom stereocenters. The van der Waals surface area contributed by atoms with Crippen molar-refractivity contribution in [2.45, 2.75) is 11.2 Å². The molecule has 2 nitrogen and oxygen atoms in total. The molecule has 0 bridgehead atoms. The summed E-state index contributed by atoms with van der Waals surface area (Å²) in [6.07, 6.45) is 0.877. The number of hydrogen-bond acceptors (Lipinski definition) is 1. The third-order valence-corrected chi connectivity index (χ3v) is 4.05. The maximum absolute atomic E-state index is 12.0. The van der Waals surface area contributed by atoms with Crippen molar-refractivity contribution in [3.63, 3.8) is 0 Å². The van der Waals surface area contributed by atoms with E-state index in [1.165, 1.54) is 5.39 Å². The Hall–Kier alpha value is -1.35. The highest BCUT2D eigenvalue weighted by atomic mass is 79.9. The van der Waals surface area contributed by atoms with Crippen LogP contribution in [0.15, 0.2) is 42.5 Å². The molecular weight excluding hydrogens is 278 g/mol. The highest BCUT2D eigenvalue weighted by Gasteiger charge is 2.30. The van der Waals surface area contributed by atoms with Gasteiger partial charge in [-0.25, -0.2) is 0 Å². The monoisotopic (exact) mass is 289 g/mol. The summed E-state index contributed by atoms with van der Waals surface area (Å²) >= 11 is 3.41. The quantitative estimate of drug-likeness (QED) is 0.738. The van der Waals surface area contributed by atoms with Crippen LogP contribution in [0.2, 0.25) is 0 Å². The Labute approximate surface area is 108 Å². The minimum absolute atomic E-state index is 0.0264. The molecule has 3 rings (SSSR count). The molecular formula is C14H12BrNO. The molecule has 2 aromatic rings. The van der Waals surface area contributed by atoms with E-state index in [9.17, 15) is 4.79 Å². The van der Waals surface area contributed by atoms with Gasteiger partial charge in [0.15, 0.2) is 0 Å². The van der Waals surface area contributed by atoms with E-state index in [2.05, 4.69) is 34.1 Å². The van der Waals surface area contributed by atoms with Gasteiger partial charge >= 0.3 is 0 Å². The number of halogens is 1. The van der Waals surface area contributed by atoms with Gasteiger partial charge < -0.3 is 4.90 Å². The summed E-state index contributed by atoms with van der Waals surface area (Å²) in [6, 6.07) is 14.3. The van der Waals surface area contributed by atoms with E-state index in [4.69, 9.17) is 0 Å². The van der Waals surface area contributed by atoms with Crippen LogP contribution in [0, 0.1) is 0 Å². The van der Waals surface area contributed by atoms with Crippen LogP contribution < -0.4 is 4.90 Å². The van der Waals surface area contributed by atoms with Crippen molar-refractivity contribution in [2.24, 2.45) is 0 Å². The number of carbonyl (C=O) groups is 1. The fourth-order valence-corrected chi connectivity index (χ4v) is 2.78. The van der Waals surface area contributed by atoms with Crippen LogP contribution in [-0.4, -0.2) is 17.3 Å². The van der Waals surface area contributed by atoms with E-state index >= 15 is 0 Å². The first-order chi connectivity index (χ1) is 8.27. The van der Waals surface area contributed by atoms with Crippen LogP contribution in [0.1, 0.15) is 6.42 Å². The number of nitrogens with zero attached hydrogens (tertiary/aromatic N) is 1. The van der Waals surface area contributed by atoms with Crippen LogP contribution in [0.25, 0.3) is 10.8 Å². The Morgan fingerprint density at radius 1 is 1.12 bits per heavy atom. The Bertz CT molecular complexity index is 576. The van der Waals surface area contributed by atoms with Crippen LogP contribution in [0.3, 0.4) is 0 Å². The van der Waals surface area contributed by atoms with E-state index in [-0.39, 0.29) is 10.7 Å². The van der Waals surface area contributed by atoms with Crippen molar-refractivity contribution < 1.29 is 4.79 Å². The van der Waals surface area contributed by atoms with Crippen molar-refractivity contribution in [1.82, 2.24) is 0 Å². The van der Waals surface area contributed by atoms with Crippen molar-refractivity contribution in [2.75, 3.05) is 11.4 Å². The van der Waals surface area contributed by atoms with E-state index in [0.717, 1.165) is 24.0 Å². The first kappa shape index (κ1) is 10.8. The molecule has 0 radical (unpaired) electrons. The van der Waals surface area contributed by atoms with Gasteiger partial charge in [0.25, 0.3) is 0 Å². The van der Waals surface area contributed by atoms with Gasteiger partial charge in [0.05, 0.1) is 10.5 Å². The number of carbonyl (C=O) groups excluding carboxylic acids is 1. The third kappa shape index (κ3) is 1.75. The number of anilines is 1. The van der Waals surface area contributed by atoms with E-state index in [1.807, 2.05) is 29.2 Å². The Kier molecular flexibility index (Phi) is 2.63. The molecule has 1 aliphatic rings. The van der Waals surface area contributed by atoms with E-state index < -0.39 is 0 Å². The molecule has 0 aliphatic carbocycles. The zero-order chi connectivity index (χ0) is 11.8. The average Bonchev–Trinajstić information content (AvgIpc) is 2.69. The van der Waals surface area contributed by atoms with Gasteiger partial charge in [0, 0.05) is 11.9 Å². The summed E-state index contributed by atoms with van der Waals surface area (Å²) < 4.78 is 0. The summed E-state index contributed by atoms with van der Waals surface area (Å²) in [4.78, 5) is 13.9. The van der Waals surface area contributed by atoms with E-state index in [0.29, 0.717) is 0 Å². The minimum Gasteiger partial charge on any atom is -0.311 e. The first-order valence-corrected chi connectivity index (χ1v) is 6.62. The van der Waals surface area contributed by atoms with Crippen LogP contribution in [-0.2, 0) is 4.79 Å². The molecule has 1 saturated heterocycles. The number of hydrogen-bond donors (Lipinski definition) is 0. The van der Waals surface area contributed by atoms with Crippen molar-refractivity contribution >= 4 is 38.3 Å². The van der Waals surface area contributed by atoms with Gasteiger partial charge in [0.1, 0.15) is 0 Å². The largest absolute Gasteiger partial charge is 0.311 e. The fourth-order valence-electron chi connectivity index (χ4n) is 2.33. The predicted octanol–water partition coefficient (Wildman–Crippen LogP) is 3.34. The molecule has 0 saturated carbocycles. The number of rotatable bonds is 1. The van der Waals surface area contributed by atoms with Crippen LogP contribution in [0.4, 0.5) is 5.69 Å². The summed E-state index contributed by atoms with van der Waals surface area (Å²) in [5.74, 6) is 0.168. The fraction of sp³-hybridized carbons (Fsp3) is 0.214. The molecule has 0 aromatic heterocycles. The van der Waals surface area contributed by atoms with Gasteiger partial charge in [0.2, 0.25) is 5.91 Å². The molecule has 0 N–H and O–H groups in total. The lowest BCUT2D eigenvalue weighted by Gasteiger charge is -2.18. The van der Waals surface area contributed by atoms with Crippen molar-refractivity contribution in [3.8, 4) is 0 Å². The Morgan fingerprint density at radius 3 is 2.65 bits per heavy atom. The van der Waals surface area contributed by atoms with Gasteiger partial charge in [-0.05, 0) is 17.9 Å². The second-order valence-corrected chi connectivity index (χ2v) is 5.35. The lowest BCUT2D eigenvalue weighted by Crippen LogP contribution is -2.27. The first-order valence-electron chi connectivity index (χ1n) is 5.70. The van der Waals surface area contributed by atoms with Crippen molar-refractivity contribution in [3.05, 3.63) is 42.5 Å². The highest BCUT2D eigenvalue weighted by Crippen LogP contribution is 2.31. The number of benzene rings is 2. The molecule has 17 heavy (non-hydrogen) atoms. The maximum Gasteiger partial charge on any atom is 0.240 e. The van der Waals surface area contributed by atoms with Crippen LogP contribution >= 0.6 is 15.9 Å². The zero-order valence-electron chi connectivity index (χ0n) is 9.27. The lowest BCUT2D eigenvalue weighted by molar-refractivity contribution is -0.116. The molecule has 0 unspecified atom stereocenters. The van der Waals surface area contributed by atoms with Gasteiger partial charge in [-0.1, -0.05) is 52.3 Å². The van der Waals surface area contributed by atoms with Gasteiger partial charge in [-0.15, -0.1) is 0 Å². The second-order valence-electron chi connectivity index (χ2n) is 4.24. The smallest absolute Gasteiger partial charge is 0.240 e. The average molecular weight is 290 g/mol. The van der Waals surface area contributed by atoms with E-state index in [1.54, 1.807) is 0 Å². The molecule has 1 fully saturated rings. The van der Waals surface area contributed by atoms with Crippen LogP contribution in [0.5, 0.6) is 0 Å². The highest BCUT2D eigenvalue weighted by molar-refractivity contribution is 9.10. The third-order valence-electron chi connectivity index (χ3n) is 3.20. The molecule has 86 valence electrons. The summed E-state index contributed by atoms with van der Waals surface area (Å²) in [5.41, 5.74) is 1.02. The standard InChI is InChI=1S/C14H12BrNO/c15-12-8-9-16(14(12)17)13-7-3-5-10-4-1-2-6-11(10)13/h1-7,12H,8-9H2/t12-/m0/s1. The molecule has 2 aromatic carbocycles. The molecule has 1 heterocycles. The normalized spacial score (nSPS) is 20.2.